The zero-order chi connectivity index (χ0) is 28.0. The van der Waals surface area contributed by atoms with Gasteiger partial charge in [0.2, 0.25) is 11.8 Å². The molecular weight excluding hydrogens is 568 g/mol. The van der Waals surface area contributed by atoms with Crippen LogP contribution in [-0.4, -0.2) is 85.9 Å². The lowest BCUT2D eigenvalue weighted by Gasteiger charge is -2.41. The second-order valence-electron chi connectivity index (χ2n) is 10.9. The van der Waals surface area contributed by atoms with Crippen LogP contribution in [0.1, 0.15) is 65.7 Å². The SMILES string of the molecule is C=CCCCOC(=O)[C@H]1[C@H]2C(=O)N([C@@H](CO)[C@@H](C)CC)C(C(=O)N(CC=C)CCCCC)C23CC(Br)[C@@H]1S3. The lowest BCUT2D eigenvalue weighted by atomic mass is 9.71. The molecule has 0 aromatic heterocycles. The van der Waals surface area contributed by atoms with E-state index >= 15 is 0 Å². The van der Waals surface area contributed by atoms with Crippen LogP contribution in [0.5, 0.6) is 0 Å². The average Bonchev–Trinajstić information content (AvgIpc) is 3.49. The molecule has 0 aromatic rings. The first-order valence-corrected chi connectivity index (χ1v) is 16.0. The highest BCUT2D eigenvalue weighted by Crippen LogP contribution is 2.68. The van der Waals surface area contributed by atoms with E-state index in [1.54, 1.807) is 28.8 Å². The van der Waals surface area contributed by atoms with Gasteiger partial charge >= 0.3 is 5.97 Å². The number of likely N-dealkylation sites (tertiary alicyclic amines) is 1. The molecule has 3 fully saturated rings. The smallest absolute Gasteiger partial charge is 0.310 e. The van der Waals surface area contributed by atoms with E-state index in [-0.39, 0.29) is 47.0 Å². The van der Waals surface area contributed by atoms with Crippen LogP contribution in [0.3, 0.4) is 0 Å². The Labute approximate surface area is 240 Å². The Balaban J connectivity index is 2.04. The van der Waals surface area contributed by atoms with Crippen LogP contribution in [0.2, 0.25) is 0 Å². The van der Waals surface area contributed by atoms with E-state index in [0.29, 0.717) is 25.9 Å². The Morgan fingerprint density at radius 1 is 1.29 bits per heavy atom. The van der Waals surface area contributed by atoms with Gasteiger partial charge in [0.15, 0.2) is 0 Å². The molecule has 1 spiro atoms. The number of alkyl halides is 1. The number of nitrogens with zero attached hydrogens (tertiary/aromatic N) is 2. The van der Waals surface area contributed by atoms with E-state index in [9.17, 15) is 19.5 Å². The summed E-state index contributed by atoms with van der Waals surface area (Å²) in [4.78, 5) is 45.6. The van der Waals surface area contributed by atoms with Crippen molar-refractivity contribution in [3.05, 3.63) is 25.3 Å². The van der Waals surface area contributed by atoms with Crippen molar-refractivity contribution in [2.24, 2.45) is 17.8 Å². The van der Waals surface area contributed by atoms with Crippen molar-refractivity contribution in [1.29, 1.82) is 0 Å². The van der Waals surface area contributed by atoms with Crippen molar-refractivity contribution in [3.63, 3.8) is 0 Å². The van der Waals surface area contributed by atoms with Gasteiger partial charge in [0.1, 0.15) is 6.04 Å². The van der Waals surface area contributed by atoms with Gasteiger partial charge in [0, 0.05) is 23.2 Å². The highest BCUT2D eigenvalue weighted by molar-refractivity contribution is 9.09. The van der Waals surface area contributed by atoms with Gasteiger partial charge in [-0.15, -0.1) is 24.9 Å². The van der Waals surface area contributed by atoms with Crippen LogP contribution in [-0.2, 0) is 19.1 Å². The van der Waals surface area contributed by atoms with Crippen molar-refractivity contribution < 1.29 is 24.2 Å². The third kappa shape index (κ3) is 5.75. The van der Waals surface area contributed by atoms with Gasteiger partial charge in [-0.3, -0.25) is 14.4 Å². The van der Waals surface area contributed by atoms with Crippen LogP contribution in [0.25, 0.3) is 0 Å². The van der Waals surface area contributed by atoms with E-state index in [1.165, 1.54) is 0 Å². The first kappa shape index (κ1) is 31.2. The molecule has 0 aromatic carbocycles. The first-order valence-electron chi connectivity index (χ1n) is 14.2. The molecule has 3 heterocycles. The molecular formula is C29H45BrN2O5S. The number of ether oxygens (including phenoxy) is 1. The second kappa shape index (κ2) is 13.8. The lowest BCUT2D eigenvalue weighted by molar-refractivity contribution is -0.154. The number of hydrogen-bond acceptors (Lipinski definition) is 6. The standard InChI is InChI=1S/C29H45BrN2O5S/c1-6-10-12-15-31(14-8-3)27(35)25-29-17-20(30)24(38-29)22(28(36)37-16-13-11-7-2)23(29)26(34)32(25)21(18-33)19(5)9-4/h7-8,19-25,33H,2-3,6,9-18H2,1,4-5H3/t19-,20?,21-,22-,23-,24-,25?,29?/m0/s1. The Morgan fingerprint density at radius 2 is 2.03 bits per heavy atom. The molecule has 3 rings (SSSR count). The first-order chi connectivity index (χ1) is 18.2. The Kier molecular flexibility index (Phi) is 11.4. The maximum absolute atomic E-state index is 14.4. The fourth-order valence-electron chi connectivity index (χ4n) is 6.46. The molecule has 3 saturated heterocycles. The number of fused-ring (bicyclic) bond motifs is 1. The van der Waals surface area contributed by atoms with Crippen molar-refractivity contribution >= 4 is 45.5 Å². The predicted octanol–water partition coefficient (Wildman–Crippen LogP) is 4.57. The second-order valence-corrected chi connectivity index (χ2v) is 13.6. The zero-order valence-corrected chi connectivity index (χ0v) is 25.6. The molecule has 0 aliphatic carbocycles. The summed E-state index contributed by atoms with van der Waals surface area (Å²) in [5, 5.41) is 10.4. The van der Waals surface area contributed by atoms with Gasteiger partial charge < -0.3 is 19.6 Å². The summed E-state index contributed by atoms with van der Waals surface area (Å²) >= 11 is 5.41. The molecule has 3 aliphatic heterocycles. The molecule has 7 nitrogen and oxygen atoms in total. The molecule has 3 unspecified atom stereocenters. The summed E-state index contributed by atoms with van der Waals surface area (Å²) in [5.74, 6) is -1.94. The van der Waals surface area contributed by atoms with E-state index in [0.717, 1.165) is 32.1 Å². The molecule has 8 atom stereocenters. The molecule has 3 aliphatic rings. The summed E-state index contributed by atoms with van der Waals surface area (Å²) in [6.45, 7) is 14.8. The highest BCUT2D eigenvalue weighted by atomic mass is 79.9. The Bertz CT molecular complexity index is 887. The molecule has 214 valence electrons. The minimum Gasteiger partial charge on any atom is -0.465 e. The van der Waals surface area contributed by atoms with Gasteiger partial charge in [-0.1, -0.05) is 68.1 Å². The third-order valence-corrected chi connectivity index (χ3v) is 11.8. The van der Waals surface area contributed by atoms with Gasteiger partial charge in [-0.05, 0) is 31.6 Å². The largest absolute Gasteiger partial charge is 0.465 e. The lowest BCUT2D eigenvalue weighted by Crippen LogP contribution is -2.59. The number of esters is 1. The number of unbranched alkanes of at least 4 members (excludes halogenated alkanes) is 3. The number of aliphatic hydroxyl groups excluding tert-OH is 1. The molecule has 2 amide bonds. The zero-order valence-electron chi connectivity index (χ0n) is 23.1. The van der Waals surface area contributed by atoms with Gasteiger partial charge in [0.25, 0.3) is 0 Å². The summed E-state index contributed by atoms with van der Waals surface area (Å²) in [6.07, 6.45) is 9.24. The number of halogens is 1. The molecule has 2 bridgehead atoms. The molecule has 1 N–H and O–H groups in total. The fraction of sp³-hybridized carbons (Fsp3) is 0.759. The quantitative estimate of drug-likeness (QED) is 0.119. The highest BCUT2D eigenvalue weighted by Gasteiger charge is 2.76. The number of aliphatic hydroxyl groups is 1. The van der Waals surface area contributed by atoms with Crippen LogP contribution in [0, 0.1) is 17.8 Å². The van der Waals surface area contributed by atoms with E-state index in [1.807, 2.05) is 18.7 Å². The van der Waals surface area contributed by atoms with Crippen molar-refractivity contribution in [2.75, 3.05) is 26.3 Å². The number of thioether (sulfide) groups is 1. The Hall–Kier alpha value is -1.32. The fourth-order valence-corrected chi connectivity index (χ4v) is 10.0. The average molecular weight is 614 g/mol. The maximum Gasteiger partial charge on any atom is 0.310 e. The third-order valence-electron chi connectivity index (χ3n) is 8.57. The van der Waals surface area contributed by atoms with Crippen molar-refractivity contribution in [2.45, 2.75) is 92.6 Å². The number of hydrogen-bond donors (Lipinski definition) is 1. The van der Waals surface area contributed by atoms with Crippen LogP contribution >= 0.6 is 27.7 Å². The van der Waals surface area contributed by atoms with Crippen LogP contribution in [0.4, 0.5) is 0 Å². The monoisotopic (exact) mass is 612 g/mol. The van der Waals surface area contributed by atoms with Gasteiger partial charge in [0.05, 0.1) is 35.8 Å². The topological polar surface area (TPSA) is 87.1 Å². The van der Waals surface area contributed by atoms with Crippen LogP contribution < -0.4 is 0 Å². The van der Waals surface area contributed by atoms with E-state index in [4.69, 9.17) is 4.74 Å². The predicted molar refractivity (Wildman–Crippen MR) is 156 cm³/mol. The summed E-state index contributed by atoms with van der Waals surface area (Å²) in [6, 6.07) is -1.25. The van der Waals surface area contributed by atoms with E-state index < -0.39 is 28.7 Å². The molecule has 0 saturated carbocycles. The molecule has 0 radical (unpaired) electrons. The van der Waals surface area contributed by atoms with Crippen molar-refractivity contribution in [3.8, 4) is 0 Å². The minimum atomic E-state index is -0.749. The minimum absolute atomic E-state index is 0.00584. The van der Waals surface area contributed by atoms with Gasteiger partial charge in [-0.2, -0.15) is 0 Å². The Morgan fingerprint density at radius 3 is 2.63 bits per heavy atom. The van der Waals surface area contributed by atoms with E-state index in [2.05, 4.69) is 36.0 Å². The van der Waals surface area contributed by atoms with Gasteiger partial charge in [-0.25, -0.2) is 0 Å². The van der Waals surface area contributed by atoms with Crippen LogP contribution in [0.15, 0.2) is 25.3 Å². The number of allylic oxidation sites excluding steroid dienone is 1. The normalized spacial score (nSPS) is 31.1. The number of rotatable bonds is 16. The maximum atomic E-state index is 14.4. The molecule has 38 heavy (non-hydrogen) atoms. The summed E-state index contributed by atoms with van der Waals surface area (Å²) < 4.78 is 4.92. The number of carbonyl (C=O) groups excluding carboxylic acids is 3. The number of amides is 2. The summed E-state index contributed by atoms with van der Waals surface area (Å²) in [7, 11) is 0. The van der Waals surface area contributed by atoms with Crippen molar-refractivity contribution in [1.82, 2.24) is 9.80 Å². The summed E-state index contributed by atoms with van der Waals surface area (Å²) in [5.41, 5.74) is 0. The number of carbonyl (C=O) groups is 3. The molecule has 9 heteroatoms.